The summed E-state index contributed by atoms with van der Waals surface area (Å²) >= 11 is 0. The lowest BCUT2D eigenvalue weighted by atomic mass is 10.2. The van der Waals surface area contributed by atoms with Crippen LogP contribution in [0, 0.1) is 0 Å². The average Bonchev–Trinajstić information content (AvgIpc) is 2.66. The molecule has 0 aliphatic rings. The molecule has 0 atom stereocenters. The summed E-state index contributed by atoms with van der Waals surface area (Å²) in [5, 5.41) is 0. The first-order valence-corrected chi connectivity index (χ1v) is 6.86. The lowest BCUT2D eigenvalue weighted by Crippen LogP contribution is -1.97. The van der Waals surface area contributed by atoms with Crippen molar-refractivity contribution in [2.24, 2.45) is 0 Å². The van der Waals surface area contributed by atoms with E-state index >= 15 is 0 Å². The van der Waals surface area contributed by atoms with Crippen LogP contribution in [0.2, 0.25) is 0 Å². The van der Waals surface area contributed by atoms with Gasteiger partial charge in [-0.05, 0) is 24.6 Å². The third kappa shape index (κ3) is 2.65. The van der Waals surface area contributed by atoms with Crippen molar-refractivity contribution in [2.45, 2.75) is 31.1 Å². The van der Waals surface area contributed by atoms with Crippen LogP contribution in [0.3, 0.4) is 0 Å². The normalized spacial score (nSPS) is 12.1. The van der Waals surface area contributed by atoms with E-state index in [4.69, 9.17) is 0 Å². The predicted octanol–water partition coefficient (Wildman–Crippen LogP) is 1.81. The van der Waals surface area contributed by atoms with Gasteiger partial charge in [-0.1, -0.05) is 13.3 Å². The van der Waals surface area contributed by atoms with E-state index in [2.05, 4.69) is 16.9 Å². The van der Waals surface area contributed by atoms with Gasteiger partial charge in [-0.2, -0.15) is 0 Å². The number of aromatic nitrogens is 2. The zero-order valence-electron chi connectivity index (χ0n) is 9.43. The average molecular weight is 253 g/mol. The van der Waals surface area contributed by atoms with Crippen LogP contribution in [0.4, 0.5) is 0 Å². The molecule has 0 amide bonds. The van der Waals surface area contributed by atoms with E-state index in [9.17, 15) is 13.0 Å². The van der Waals surface area contributed by atoms with Gasteiger partial charge in [0.25, 0.3) is 0 Å². The smallest absolute Gasteiger partial charge is 0.124 e. The fraction of sp³-hybridized carbons (Fsp3) is 0.364. The van der Waals surface area contributed by atoms with E-state index < -0.39 is 10.1 Å². The highest BCUT2D eigenvalue weighted by Crippen LogP contribution is 2.17. The molecule has 0 spiro atoms. The molecule has 0 aliphatic carbocycles. The number of fused-ring (bicyclic) bond motifs is 1. The molecular formula is C11H13N2O3S-. The zero-order valence-corrected chi connectivity index (χ0v) is 10.3. The molecule has 5 nitrogen and oxygen atoms in total. The van der Waals surface area contributed by atoms with Gasteiger partial charge in [0.05, 0.1) is 15.9 Å². The maximum atomic E-state index is 10.9. The fourth-order valence-corrected chi connectivity index (χ4v) is 2.16. The van der Waals surface area contributed by atoms with Gasteiger partial charge in [-0.15, -0.1) is 0 Å². The van der Waals surface area contributed by atoms with Crippen molar-refractivity contribution < 1.29 is 13.0 Å². The van der Waals surface area contributed by atoms with Crippen molar-refractivity contribution in [2.75, 3.05) is 0 Å². The highest BCUT2D eigenvalue weighted by molar-refractivity contribution is 7.85. The first-order chi connectivity index (χ1) is 8.00. The minimum absolute atomic E-state index is 0.226. The van der Waals surface area contributed by atoms with Crippen LogP contribution < -0.4 is 0 Å². The highest BCUT2D eigenvalue weighted by atomic mass is 32.2. The van der Waals surface area contributed by atoms with E-state index in [0.29, 0.717) is 11.0 Å². The van der Waals surface area contributed by atoms with Gasteiger partial charge in [0.15, 0.2) is 0 Å². The first-order valence-electron chi connectivity index (χ1n) is 5.45. The first kappa shape index (κ1) is 12.1. The van der Waals surface area contributed by atoms with Gasteiger partial charge in [0.2, 0.25) is 0 Å². The number of unbranched alkanes of at least 4 members (excludes halogenated alkanes) is 1. The third-order valence-electron chi connectivity index (χ3n) is 2.56. The molecule has 1 aromatic carbocycles. The van der Waals surface area contributed by atoms with Crippen LogP contribution in [0.5, 0.6) is 0 Å². The van der Waals surface area contributed by atoms with Crippen molar-refractivity contribution in [3.8, 4) is 0 Å². The van der Waals surface area contributed by atoms with Crippen molar-refractivity contribution in [1.82, 2.24) is 9.97 Å². The van der Waals surface area contributed by atoms with Crippen molar-refractivity contribution in [1.29, 1.82) is 0 Å². The second-order valence-electron chi connectivity index (χ2n) is 3.92. The summed E-state index contributed by atoms with van der Waals surface area (Å²) in [6.45, 7) is 2.09. The van der Waals surface area contributed by atoms with Gasteiger partial charge in [-0.3, -0.25) is 0 Å². The molecule has 6 heteroatoms. The number of hydrogen-bond donors (Lipinski definition) is 1. The van der Waals surface area contributed by atoms with Crippen LogP contribution in [0.15, 0.2) is 23.1 Å². The SMILES string of the molecule is CCCCc1nc2ccc(S(=O)(=O)[O-])cc2[nH]1. The number of aromatic amines is 1. The predicted molar refractivity (Wildman–Crippen MR) is 62.7 cm³/mol. The number of nitrogens with zero attached hydrogens (tertiary/aromatic N) is 1. The minimum Gasteiger partial charge on any atom is -0.744 e. The molecule has 2 rings (SSSR count). The summed E-state index contributed by atoms with van der Waals surface area (Å²) in [6, 6.07) is 4.17. The summed E-state index contributed by atoms with van der Waals surface area (Å²) in [6.07, 6.45) is 2.91. The molecule has 17 heavy (non-hydrogen) atoms. The summed E-state index contributed by atoms with van der Waals surface area (Å²) in [5.74, 6) is 0.822. The second kappa shape index (κ2) is 4.46. The van der Waals surface area contributed by atoms with Crippen molar-refractivity contribution in [3.63, 3.8) is 0 Å². The van der Waals surface area contributed by atoms with Gasteiger partial charge in [0, 0.05) is 6.42 Å². The molecular weight excluding hydrogens is 240 g/mol. The van der Waals surface area contributed by atoms with E-state index in [0.717, 1.165) is 25.1 Å². The van der Waals surface area contributed by atoms with Crippen molar-refractivity contribution >= 4 is 21.2 Å². The van der Waals surface area contributed by atoms with Gasteiger partial charge < -0.3 is 9.54 Å². The molecule has 1 aromatic heterocycles. The Balaban J connectivity index is 2.41. The molecule has 1 heterocycles. The molecule has 0 saturated carbocycles. The van der Waals surface area contributed by atoms with E-state index in [1.165, 1.54) is 12.1 Å². The van der Waals surface area contributed by atoms with E-state index in [-0.39, 0.29) is 4.90 Å². The Morgan fingerprint density at radius 2 is 2.18 bits per heavy atom. The molecule has 0 aliphatic heterocycles. The molecule has 0 bridgehead atoms. The zero-order chi connectivity index (χ0) is 12.5. The highest BCUT2D eigenvalue weighted by Gasteiger charge is 2.06. The minimum atomic E-state index is -4.40. The summed E-state index contributed by atoms with van der Waals surface area (Å²) in [5.41, 5.74) is 1.27. The lowest BCUT2D eigenvalue weighted by Gasteiger charge is -2.05. The number of rotatable bonds is 4. The number of imidazole rings is 1. The number of nitrogens with one attached hydrogen (secondary N) is 1. The van der Waals surface area contributed by atoms with Crippen LogP contribution in [0.1, 0.15) is 25.6 Å². The van der Waals surface area contributed by atoms with Crippen LogP contribution in [0.25, 0.3) is 11.0 Å². The third-order valence-corrected chi connectivity index (χ3v) is 3.39. The van der Waals surface area contributed by atoms with Crippen LogP contribution >= 0.6 is 0 Å². The standard InChI is InChI=1S/C11H14N2O3S/c1-2-3-4-11-12-9-6-5-8(17(14,15)16)7-10(9)13-11/h5-7H,2-4H2,1H3,(H,12,13)(H,14,15,16)/p-1. The van der Waals surface area contributed by atoms with Crippen molar-refractivity contribution in [3.05, 3.63) is 24.0 Å². The summed E-state index contributed by atoms with van der Waals surface area (Å²) < 4.78 is 32.6. The maximum Gasteiger partial charge on any atom is 0.124 e. The fourth-order valence-electron chi connectivity index (χ4n) is 1.66. The summed E-state index contributed by atoms with van der Waals surface area (Å²) in [7, 11) is -4.40. The lowest BCUT2D eigenvalue weighted by molar-refractivity contribution is 0.463. The maximum absolute atomic E-state index is 10.9. The van der Waals surface area contributed by atoms with Gasteiger partial charge >= 0.3 is 0 Å². The van der Waals surface area contributed by atoms with E-state index in [1.54, 1.807) is 6.07 Å². The molecule has 0 radical (unpaired) electrons. The van der Waals surface area contributed by atoms with E-state index in [1.807, 2.05) is 0 Å². The largest absolute Gasteiger partial charge is 0.744 e. The molecule has 2 aromatic rings. The summed E-state index contributed by atoms with van der Waals surface area (Å²) in [4.78, 5) is 7.12. The Hall–Kier alpha value is -1.40. The second-order valence-corrected chi connectivity index (χ2v) is 5.30. The molecule has 92 valence electrons. The Bertz CT molecular complexity index is 631. The Morgan fingerprint density at radius 3 is 2.82 bits per heavy atom. The monoisotopic (exact) mass is 253 g/mol. The number of aryl methyl sites for hydroxylation is 1. The molecule has 0 unspecified atom stereocenters. The Kier molecular flexibility index (Phi) is 3.17. The number of benzene rings is 1. The quantitative estimate of drug-likeness (QED) is 0.842. The Labute approximate surface area is 99.6 Å². The number of H-pyrrole nitrogens is 1. The Morgan fingerprint density at radius 1 is 1.41 bits per heavy atom. The van der Waals surface area contributed by atoms with Crippen LogP contribution in [-0.4, -0.2) is 22.9 Å². The molecule has 0 fully saturated rings. The van der Waals surface area contributed by atoms with Crippen LogP contribution in [-0.2, 0) is 16.5 Å². The number of hydrogen-bond acceptors (Lipinski definition) is 4. The van der Waals surface area contributed by atoms with Gasteiger partial charge in [0.1, 0.15) is 15.9 Å². The topological polar surface area (TPSA) is 85.9 Å². The molecule has 1 N–H and O–H groups in total. The van der Waals surface area contributed by atoms with Gasteiger partial charge in [-0.25, -0.2) is 13.4 Å². The molecule has 0 saturated heterocycles.